The van der Waals surface area contributed by atoms with Crippen molar-refractivity contribution < 1.29 is 0 Å². The highest BCUT2D eigenvalue weighted by Crippen LogP contribution is 2.58. The predicted molar refractivity (Wildman–Crippen MR) is 184 cm³/mol. The molecule has 0 aromatic rings. The van der Waals surface area contributed by atoms with E-state index in [1.54, 1.807) is 77.0 Å². The molecular weight excluding hydrogens is 532 g/mol. The largest absolute Gasteiger partial charge is 0.294 e. The molecule has 0 spiro atoms. The van der Waals surface area contributed by atoms with E-state index in [9.17, 15) is 0 Å². The van der Waals surface area contributed by atoms with Crippen LogP contribution in [0.5, 0.6) is 0 Å². The van der Waals surface area contributed by atoms with Gasteiger partial charge in [-0.25, -0.2) is 0 Å². The minimum atomic E-state index is 0.930. The maximum absolute atomic E-state index is 3.32. The Morgan fingerprint density at radius 3 is 1.52 bits per heavy atom. The maximum Gasteiger partial charge on any atom is 0.0133 e. The molecular formula is C42H68N2. The summed E-state index contributed by atoms with van der Waals surface area (Å²) in [7, 11) is 0. The molecule has 2 saturated heterocycles. The molecule has 0 aromatic carbocycles. The molecule has 8 fully saturated rings. The van der Waals surface area contributed by atoms with Gasteiger partial charge in [-0.3, -0.25) is 9.80 Å². The van der Waals surface area contributed by atoms with Crippen molar-refractivity contribution in [2.45, 2.75) is 203 Å². The minimum absolute atomic E-state index is 0.930. The van der Waals surface area contributed by atoms with Crippen LogP contribution in [0, 0.1) is 47.3 Å². The van der Waals surface area contributed by atoms with Gasteiger partial charge in [-0.1, -0.05) is 69.9 Å². The smallest absolute Gasteiger partial charge is 0.0133 e. The van der Waals surface area contributed by atoms with Crippen LogP contribution in [0.3, 0.4) is 0 Å². The Bertz CT molecular complexity index is 998. The molecule has 2 heterocycles. The van der Waals surface area contributed by atoms with Crippen LogP contribution in [0.2, 0.25) is 0 Å². The van der Waals surface area contributed by atoms with E-state index in [4.69, 9.17) is 0 Å². The van der Waals surface area contributed by atoms with Crippen LogP contribution in [-0.2, 0) is 0 Å². The number of fused-ring (bicyclic) bond motifs is 6. The summed E-state index contributed by atoms with van der Waals surface area (Å²) in [5, 5.41) is 0. The first kappa shape index (κ1) is 29.8. The summed E-state index contributed by atoms with van der Waals surface area (Å²) in [5.74, 6) is 8.41. The van der Waals surface area contributed by atoms with Crippen molar-refractivity contribution in [2.24, 2.45) is 47.3 Å². The summed E-state index contributed by atoms with van der Waals surface area (Å²) < 4.78 is 0. The average Bonchev–Trinajstić information content (AvgIpc) is 3.61. The van der Waals surface area contributed by atoms with Crippen molar-refractivity contribution >= 4 is 0 Å². The zero-order valence-corrected chi connectivity index (χ0v) is 28.5. The summed E-state index contributed by atoms with van der Waals surface area (Å²) in [6.07, 6.45) is 44.9. The van der Waals surface area contributed by atoms with E-state index in [0.29, 0.717) is 0 Å². The highest BCUT2D eigenvalue weighted by molar-refractivity contribution is 5.10. The number of nitrogens with zero attached hydrogens (tertiary/aromatic N) is 2. The van der Waals surface area contributed by atoms with E-state index in [1.807, 2.05) is 0 Å². The fraction of sp³-hybridized carbons (Fsp3) is 0.952. The lowest BCUT2D eigenvalue weighted by Crippen LogP contribution is -2.50. The first-order valence-electron chi connectivity index (χ1n) is 21.0. The molecule has 6 saturated carbocycles. The standard InChI is InChI=1S/C42H68N2/c1-3-12-29(13-4-1)30-14-11-17-34(26-30)44-40-21-10-8-19-36(40)38-28-32(23-25-42(38)44)31-22-24-41-37(27-31)35-18-7-9-20-39(35)43(41)33-15-5-2-6-16-33/h1,3,29-42H,2,4-28H2. The van der Waals surface area contributed by atoms with Gasteiger partial charge in [0.2, 0.25) is 0 Å². The fourth-order valence-corrected chi connectivity index (χ4v) is 15.1. The van der Waals surface area contributed by atoms with E-state index in [0.717, 1.165) is 83.6 Å². The first-order valence-corrected chi connectivity index (χ1v) is 21.0. The van der Waals surface area contributed by atoms with Gasteiger partial charge in [0, 0.05) is 36.3 Å². The normalized spacial score (nSPS) is 50.5. The third-order valence-electron chi connectivity index (χ3n) is 16.7. The van der Waals surface area contributed by atoms with Crippen molar-refractivity contribution in [1.29, 1.82) is 0 Å². The van der Waals surface area contributed by atoms with E-state index in [1.165, 1.54) is 89.9 Å². The lowest BCUT2D eigenvalue weighted by atomic mass is 9.62. The maximum atomic E-state index is 3.32. The molecule has 0 bridgehead atoms. The average molecular weight is 601 g/mol. The Morgan fingerprint density at radius 2 is 0.886 bits per heavy atom. The number of allylic oxidation sites excluding steroid dienone is 2. The Kier molecular flexibility index (Phi) is 8.75. The minimum Gasteiger partial charge on any atom is -0.294 e. The molecule has 0 radical (unpaired) electrons. The molecule has 0 aromatic heterocycles. The number of likely N-dealkylation sites (tertiary alicyclic amines) is 2. The summed E-state index contributed by atoms with van der Waals surface area (Å²) in [4.78, 5) is 6.57. The van der Waals surface area contributed by atoms with Crippen molar-refractivity contribution in [3.8, 4) is 0 Å². The molecule has 2 nitrogen and oxygen atoms in total. The lowest BCUT2D eigenvalue weighted by molar-refractivity contribution is 0.0215. The van der Waals surface area contributed by atoms with Crippen LogP contribution >= 0.6 is 0 Å². The van der Waals surface area contributed by atoms with Gasteiger partial charge in [-0.2, -0.15) is 0 Å². The van der Waals surface area contributed by atoms with Crippen LogP contribution in [0.4, 0.5) is 0 Å². The van der Waals surface area contributed by atoms with Gasteiger partial charge in [0.05, 0.1) is 0 Å². The Morgan fingerprint density at radius 1 is 0.341 bits per heavy atom. The first-order chi connectivity index (χ1) is 21.8. The van der Waals surface area contributed by atoms with Gasteiger partial charge in [0.15, 0.2) is 0 Å². The number of hydrogen-bond donors (Lipinski definition) is 0. The van der Waals surface area contributed by atoms with E-state index in [2.05, 4.69) is 22.0 Å². The van der Waals surface area contributed by atoms with Crippen molar-refractivity contribution in [3.63, 3.8) is 0 Å². The SMILES string of the molecule is C1=CCC(C2CCCC(N3C4CCCCC4C4CC(C5CCC6C(C5)C5CCCCC5N6C5CCCCC5)CCC43)C2)CC1. The van der Waals surface area contributed by atoms with Crippen LogP contribution in [-0.4, -0.2) is 46.1 Å². The molecule has 0 N–H and O–H groups in total. The van der Waals surface area contributed by atoms with E-state index < -0.39 is 0 Å². The van der Waals surface area contributed by atoms with Gasteiger partial charge in [0.25, 0.3) is 0 Å². The van der Waals surface area contributed by atoms with Crippen LogP contribution in [0.25, 0.3) is 0 Å². The van der Waals surface area contributed by atoms with Crippen LogP contribution in [0.15, 0.2) is 12.2 Å². The molecule has 44 heavy (non-hydrogen) atoms. The molecule has 9 aliphatic rings. The van der Waals surface area contributed by atoms with Crippen molar-refractivity contribution in [1.82, 2.24) is 9.80 Å². The molecule has 13 unspecified atom stereocenters. The van der Waals surface area contributed by atoms with Gasteiger partial charge in [0.1, 0.15) is 0 Å². The number of rotatable bonds is 4. The number of hydrogen-bond acceptors (Lipinski definition) is 2. The van der Waals surface area contributed by atoms with Crippen molar-refractivity contribution in [2.75, 3.05) is 0 Å². The Hall–Kier alpha value is -0.340. The highest BCUT2D eigenvalue weighted by Gasteiger charge is 2.57. The van der Waals surface area contributed by atoms with E-state index >= 15 is 0 Å². The summed E-state index contributed by atoms with van der Waals surface area (Å²) >= 11 is 0. The summed E-state index contributed by atoms with van der Waals surface area (Å²) in [6, 6.07) is 5.76. The lowest BCUT2D eigenvalue weighted by Gasteiger charge is -2.47. The second-order valence-electron chi connectivity index (χ2n) is 18.5. The zero-order chi connectivity index (χ0) is 29.0. The second-order valence-corrected chi connectivity index (χ2v) is 18.5. The van der Waals surface area contributed by atoms with E-state index in [-0.39, 0.29) is 0 Å². The van der Waals surface area contributed by atoms with Gasteiger partial charge < -0.3 is 0 Å². The molecule has 0 amide bonds. The second kappa shape index (κ2) is 12.9. The Labute approximate surface area is 271 Å². The molecule has 2 heteroatoms. The Balaban J connectivity index is 0.896. The molecule has 13 atom stereocenters. The highest BCUT2D eigenvalue weighted by atomic mass is 15.3. The van der Waals surface area contributed by atoms with Crippen LogP contribution < -0.4 is 0 Å². The molecule has 7 aliphatic carbocycles. The third-order valence-corrected chi connectivity index (χ3v) is 16.7. The van der Waals surface area contributed by atoms with Gasteiger partial charge in [-0.15, -0.1) is 0 Å². The monoisotopic (exact) mass is 601 g/mol. The topological polar surface area (TPSA) is 6.48 Å². The molecule has 246 valence electrons. The fourth-order valence-electron chi connectivity index (χ4n) is 15.1. The molecule has 2 aliphatic heterocycles. The zero-order valence-electron chi connectivity index (χ0n) is 28.5. The third kappa shape index (κ3) is 5.33. The van der Waals surface area contributed by atoms with Crippen LogP contribution in [0.1, 0.15) is 167 Å². The van der Waals surface area contributed by atoms with Gasteiger partial charge in [-0.05, 0) is 156 Å². The molecule has 9 rings (SSSR count). The quantitative estimate of drug-likeness (QED) is 0.296. The summed E-state index contributed by atoms with van der Waals surface area (Å²) in [5.41, 5.74) is 0. The van der Waals surface area contributed by atoms with Gasteiger partial charge >= 0.3 is 0 Å². The summed E-state index contributed by atoms with van der Waals surface area (Å²) in [6.45, 7) is 0. The van der Waals surface area contributed by atoms with Crippen molar-refractivity contribution in [3.05, 3.63) is 12.2 Å². The predicted octanol–water partition coefficient (Wildman–Crippen LogP) is 10.6.